The highest BCUT2D eigenvalue weighted by Gasteiger charge is 2.08. The minimum absolute atomic E-state index is 0.220. The van der Waals surface area contributed by atoms with E-state index in [1.54, 1.807) is 6.20 Å². The maximum absolute atomic E-state index is 11.0. The first-order chi connectivity index (χ1) is 6.79. The van der Waals surface area contributed by atoms with Crippen molar-refractivity contribution in [2.45, 2.75) is 6.42 Å². The van der Waals surface area contributed by atoms with Crippen molar-refractivity contribution in [3.8, 4) is 0 Å². The molecule has 2 aromatic heterocycles. The van der Waals surface area contributed by atoms with Gasteiger partial charge in [0, 0.05) is 6.20 Å². The summed E-state index contributed by atoms with van der Waals surface area (Å²) < 4.78 is 4.56. The molecule has 2 rings (SSSR count). The Morgan fingerprint density at radius 1 is 1.64 bits per heavy atom. The van der Waals surface area contributed by atoms with Crippen LogP contribution in [0, 0.1) is 0 Å². The molecule has 2 aromatic rings. The van der Waals surface area contributed by atoms with Crippen molar-refractivity contribution in [3.63, 3.8) is 0 Å². The quantitative estimate of drug-likeness (QED) is 0.700. The lowest BCUT2D eigenvalue weighted by Crippen LogP contribution is -2.03. The summed E-state index contributed by atoms with van der Waals surface area (Å²) in [4.78, 5) is 20.2. The highest BCUT2D eigenvalue weighted by molar-refractivity contribution is 7.18. The largest absolute Gasteiger partial charge is 0.469 e. The second-order valence-electron chi connectivity index (χ2n) is 2.69. The number of hydrogen-bond acceptors (Lipinski definition) is 5. The number of nitrogens with zero attached hydrogens (tertiary/aromatic N) is 2. The third-order valence-corrected chi connectivity index (χ3v) is 2.71. The molecule has 2 heterocycles. The van der Waals surface area contributed by atoms with Crippen molar-refractivity contribution < 1.29 is 9.53 Å². The first-order valence-corrected chi connectivity index (χ1v) is 4.88. The van der Waals surface area contributed by atoms with Crippen LogP contribution >= 0.6 is 11.3 Å². The third-order valence-electron chi connectivity index (χ3n) is 1.73. The number of rotatable bonds is 2. The molecule has 0 aliphatic carbocycles. The van der Waals surface area contributed by atoms with E-state index in [-0.39, 0.29) is 12.4 Å². The van der Waals surface area contributed by atoms with Crippen LogP contribution in [-0.2, 0) is 16.0 Å². The molecule has 0 spiro atoms. The Morgan fingerprint density at radius 2 is 2.50 bits per heavy atom. The Bertz CT molecular complexity index is 434. The Balaban J connectivity index is 2.31. The van der Waals surface area contributed by atoms with E-state index >= 15 is 0 Å². The lowest BCUT2D eigenvalue weighted by molar-refractivity contribution is -0.139. The molecule has 0 saturated heterocycles. The molecule has 0 N–H and O–H groups in total. The third kappa shape index (κ3) is 1.72. The van der Waals surface area contributed by atoms with Gasteiger partial charge in [0.05, 0.1) is 13.5 Å². The van der Waals surface area contributed by atoms with E-state index in [1.165, 1.54) is 18.4 Å². The van der Waals surface area contributed by atoms with E-state index in [4.69, 9.17) is 0 Å². The molecule has 0 atom stereocenters. The fourth-order valence-corrected chi connectivity index (χ4v) is 1.98. The average Bonchev–Trinajstić information content (AvgIpc) is 2.59. The monoisotopic (exact) mass is 208 g/mol. The second-order valence-corrected chi connectivity index (χ2v) is 3.75. The highest BCUT2D eigenvalue weighted by atomic mass is 32.1. The van der Waals surface area contributed by atoms with Gasteiger partial charge in [0.25, 0.3) is 0 Å². The Labute approximate surface area is 84.6 Å². The van der Waals surface area contributed by atoms with Crippen LogP contribution in [0.1, 0.15) is 5.01 Å². The van der Waals surface area contributed by atoms with E-state index in [0.29, 0.717) is 0 Å². The smallest absolute Gasteiger partial charge is 0.312 e. The van der Waals surface area contributed by atoms with Gasteiger partial charge in [-0.25, -0.2) is 9.97 Å². The van der Waals surface area contributed by atoms with Gasteiger partial charge in [-0.2, -0.15) is 0 Å². The summed E-state index contributed by atoms with van der Waals surface area (Å²) in [6, 6.07) is 3.70. The SMILES string of the molecule is COC(=O)Cc1nc2cccnc2s1. The molecular weight excluding hydrogens is 200 g/mol. The number of thiazole rings is 1. The van der Waals surface area contributed by atoms with Crippen LogP contribution in [0.5, 0.6) is 0 Å². The fourth-order valence-electron chi connectivity index (χ4n) is 1.09. The maximum Gasteiger partial charge on any atom is 0.312 e. The number of ether oxygens (including phenoxy) is 1. The molecule has 0 aromatic carbocycles. The topological polar surface area (TPSA) is 52.1 Å². The van der Waals surface area contributed by atoms with E-state index in [9.17, 15) is 4.79 Å². The number of carbonyl (C=O) groups is 1. The van der Waals surface area contributed by atoms with Crippen LogP contribution in [0.2, 0.25) is 0 Å². The normalized spacial score (nSPS) is 10.4. The number of carbonyl (C=O) groups excluding carboxylic acids is 1. The second kappa shape index (κ2) is 3.71. The molecule has 0 radical (unpaired) electrons. The van der Waals surface area contributed by atoms with Crippen LogP contribution in [0.15, 0.2) is 18.3 Å². The minimum atomic E-state index is -0.274. The van der Waals surface area contributed by atoms with E-state index in [1.807, 2.05) is 12.1 Å². The summed E-state index contributed by atoms with van der Waals surface area (Å²) in [6.45, 7) is 0. The summed E-state index contributed by atoms with van der Waals surface area (Å²) in [5, 5.41) is 0.741. The first-order valence-electron chi connectivity index (χ1n) is 4.07. The molecule has 0 unspecified atom stereocenters. The van der Waals surface area contributed by atoms with Crippen LogP contribution in [-0.4, -0.2) is 23.0 Å². The zero-order valence-electron chi connectivity index (χ0n) is 7.56. The van der Waals surface area contributed by atoms with Crippen molar-refractivity contribution >= 4 is 27.7 Å². The van der Waals surface area contributed by atoms with E-state index in [2.05, 4.69) is 14.7 Å². The summed E-state index contributed by atoms with van der Waals surface area (Å²) in [7, 11) is 1.37. The van der Waals surface area contributed by atoms with Crippen molar-refractivity contribution in [3.05, 3.63) is 23.3 Å². The molecule has 0 fully saturated rings. The van der Waals surface area contributed by atoms with Gasteiger partial charge in [0.2, 0.25) is 0 Å². The first kappa shape index (κ1) is 9.08. The predicted molar refractivity (Wildman–Crippen MR) is 53.1 cm³/mol. The van der Waals surface area contributed by atoms with Crippen molar-refractivity contribution in [2.24, 2.45) is 0 Å². The van der Waals surface area contributed by atoms with E-state index < -0.39 is 0 Å². The Kier molecular flexibility index (Phi) is 2.41. The summed E-state index contributed by atoms with van der Waals surface area (Å²) in [5.41, 5.74) is 0.830. The lowest BCUT2D eigenvalue weighted by Gasteiger charge is -1.92. The van der Waals surface area contributed by atoms with Crippen LogP contribution in [0.25, 0.3) is 10.3 Å². The number of hydrogen-bond donors (Lipinski definition) is 0. The van der Waals surface area contributed by atoms with Gasteiger partial charge in [-0.15, -0.1) is 0 Å². The number of methoxy groups -OCH3 is 1. The summed E-state index contributed by atoms with van der Waals surface area (Å²) in [6.07, 6.45) is 1.93. The zero-order valence-corrected chi connectivity index (χ0v) is 8.37. The van der Waals surface area contributed by atoms with Crippen molar-refractivity contribution in [1.29, 1.82) is 0 Å². The molecular formula is C9H8N2O2S. The molecule has 0 aliphatic rings. The van der Waals surface area contributed by atoms with Crippen LogP contribution in [0.4, 0.5) is 0 Å². The fraction of sp³-hybridized carbons (Fsp3) is 0.222. The predicted octanol–water partition coefficient (Wildman–Crippen LogP) is 1.41. The summed E-state index contributed by atoms with van der Waals surface area (Å²) >= 11 is 1.42. The maximum atomic E-state index is 11.0. The van der Waals surface area contributed by atoms with E-state index in [0.717, 1.165) is 15.4 Å². The molecule has 5 heteroatoms. The molecule has 72 valence electrons. The summed E-state index contributed by atoms with van der Waals surface area (Å²) in [5.74, 6) is -0.274. The van der Waals surface area contributed by atoms with Gasteiger partial charge in [0.15, 0.2) is 0 Å². The molecule has 0 aliphatic heterocycles. The zero-order chi connectivity index (χ0) is 9.97. The standard InChI is InChI=1S/C9H8N2O2S/c1-13-8(12)5-7-11-6-3-2-4-10-9(6)14-7/h2-4H,5H2,1H3. The molecule has 0 bridgehead atoms. The van der Waals surface area contributed by atoms with Gasteiger partial charge in [0.1, 0.15) is 15.4 Å². The lowest BCUT2D eigenvalue weighted by atomic mass is 10.4. The molecule has 4 nitrogen and oxygen atoms in total. The highest BCUT2D eigenvalue weighted by Crippen LogP contribution is 2.19. The van der Waals surface area contributed by atoms with Gasteiger partial charge in [-0.1, -0.05) is 11.3 Å². The van der Waals surface area contributed by atoms with Gasteiger partial charge >= 0.3 is 5.97 Å². The van der Waals surface area contributed by atoms with Crippen molar-refractivity contribution in [2.75, 3.05) is 7.11 Å². The van der Waals surface area contributed by atoms with Gasteiger partial charge in [-0.05, 0) is 12.1 Å². The molecule has 0 saturated carbocycles. The minimum Gasteiger partial charge on any atom is -0.469 e. The van der Waals surface area contributed by atoms with Gasteiger partial charge in [-0.3, -0.25) is 4.79 Å². The molecule has 0 amide bonds. The van der Waals surface area contributed by atoms with Crippen molar-refractivity contribution in [1.82, 2.24) is 9.97 Å². The number of esters is 1. The molecule has 14 heavy (non-hydrogen) atoms. The average molecular weight is 208 g/mol. The van der Waals surface area contributed by atoms with Crippen LogP contribution in [0.3, 0.4) is 0 Å². The number of pyridine rings is 1. The van der Waals surface area contributed by atoms with Gasteiger partial charge < -0.3 is 4.74 Å². The Hall–Kier alpha value is -1.49. The Morgan fingerprint density at radius 3 is 3.21 bits per heavy atom. The number of fused-ring (bicyclic) bond motifs is 1. The number of aromatic nitrogens is 2. The van der Waals surface area contributed by atoms with Crippen LogP contribution < -0.4 is 0 Å².